The maximum absolute atomic E-state index is 12.5. The molecule has 0 spiro atoms. The molecule has 0 aliphatic heterocycles. The van der Waals surface area contributed by atoms with E-state index < -0.39 is 0 Å². The number of carbonyl (C=O) groups excluding carboxylic acids is 1. The molecule has 0 unspecified atom stereocenters. The second kappa shape index (κ2) is 7.63. The van der Waals surface area contributed by atoms with Crippen LogP contribution in [-0.2, 0) is 0 Å². The van der Waals surface area contributed by atoms with Crippen molar-refractivity contribution in [1.29, 1.82) is 0 Å². The summed E-state index contributed by atoms with van der Waals surface area (Å²) < 4.78 is 0. The number of nitrogens with zero attached hydrogens (tertiary/aromatic N) is 1. The van der Waals surface area contributed by atoms with Gasteiger partial charge in [-0.25, -0.2) is 0 Å². The van der Waals surface area contributed by atoms with Crippen molar-refractivity contribution < 1.29 is 4.79 Å². The SMILES string of the molecule is CN(C)C[C@H](NC(=O)c1cc(Cl)ccc1Cl)c1ccccc1. The molecular formula is C17H18Cl2N2O. The van der Waals surface area contributed by atoms with Gasteiger partial charge in [0, 0.05) is 11.6 Å². The molecular weight excluding hydrogens is 319 g/mol. The van der Waals surface area contributed by atoms with E-state index in [1.165, 1.54) is 0 Å². The number of carbonyl (C=O) groups is 1. The van der Waals surface area contributed by atoms with Gasteiger partial charge in [0.25, 0.3) is 5.91 Å². The van der Waals surface area contributed by atoms with Crippen molar-refractivity contribution in [2.45, 2.75) is 6.04 Å². The summed E-state index contributed by atoms with van der Waals surface area (Å²) >= 11 is 12.0. The molecule has 0 saturated carbocycles. The second-order valence-electron chi connectivity index (χ2n) is 5.32. The Hall–Kier alpha value is -1.55. The van der Waals surface area contributed by atoms with Gasteiger partial charge in [0.1, 0.15) is 0 Å². The van der Waals surface area contributed by atoms with Gasteiger partial charge in [-0.05, 0) is 37.9 Å². The molecule has 22 heavy (non-hydrogen) atoms. The molecule has 0 aliphatic rings. The molecule has 5 heteroatoms. The Morgan fingerprint density at radius 1 is 1.14 bits per heavy atom. The van der Waals surface area contributed by atoms with E-state index in [1.807, 2.05) is 49.3 Å². The number of hydrogen-bond donors (Lipinski definition) is 1. The van der Waals surface area contributed by atoms with Gasteiger partial charge in [0.05, 0.1) is 16.6 Å². The van der Waals surface area contributed by atoms with Gasteiger partial charge in [-0.15, -0.1) is 0 Å². The van der Waals surface area contributed by atoms with E-state index in [0.29, 0.717) is 22.2 Å². The van der Waals surface area contributed by atoms with Crippen molar-refractivity contribution >= 4 is 29.1 Å². The average Bonchev–Trinajstić information content (AvgIpc) is 2.49. The summed E-state index contributed by atoms with van der Waals surface area (Å²) in [6, 6.07) is 14.6. The van der Waals surface area contributed by atoms with Gasteiger partial charge in [0.2, 0.25) is 0 Å². The molecule has 0 bridgehead atoms. The molecule has 1 amide bonds. The van der Waals surface area contributed by atoms with E-state index in [9.17, 15) is 4.79 Å². The van der Waals surface area contributed by atoms with Crippen molar-refractivity contribution in [2.75, 3.05) is 20.6 Å². The molecule has 0 radical (unpaired) electrons. The van der Waals surface area contributed by atoms with E-state index in [0.717, 1.165) is 5.56 Å². The number of hydrogen-bond acceptors (Lipinski definition) is 2. The Morgan fingerprint density at radius 3 is 2.45 bits per heavy atom. The lowest BCUT2D eigenvalue weighted by Crippen LogP contribution is -2.35. The van der Waals surface area contributed by atoms with Crippen LogP contribution in [0.15, 0.2) is 48.5 Å². The molecule has 2 aromatic carbocycles. The molecule has 0 saturated heterocycles. The molecule has 1 N–H and O–H groups in total. The summed E-state index contributed by atoms with van der Waals surface area (Å²) in [5.41, 5.74) is 1.43. The lowest BCUT2D eigenvalue weighted by molar-refractivity contribution is 0.0930. The zero-order chi connectivity index (χ0) is 16.1. The van der Waals surface area contributed by atoms with Gasteiger partial charge < -0.3 is 10.2 Å². The van der Waals surface area contributed by atoms with Gasteiger partial charge in [-0.2, -0.15) is 0 Å². The number of halogens is 2. The zero-order valence-electron chi connectivity index (χ0n) is 12.5. The van der Waals surface area contributed by atoms with Crippen LogP contribution in [0.25, 0.3) is 0 Å². The number of rotatable bonds is 5. The van der Waals surface area contributed by atoms with Gasteiger partial charge in [0.15, 0.2) is 0 Å². The van der Waals surface area contributed by atoms with E-state index >= 15 is 0 Å². The molecule has 2 aromatic rings. The molecule has 1 atom stereocenters. The molecule has 0 aromatic heterocycles. The van der Waals surface area contributed by atoms with Crippen LogP contribution in [0.4, 0.5) is 0 Å². The minimum atomic E-state index is -0.233. The minimum absolute atomic E-state index is 0.126. The van der Waals surface area contributed by atoms with Crippen molar-refractivity contribution in [3.05, 3.63) is 69.7 Å². The average molecular weight is 337 g/mol. The van der Waals surface area contributed by atoms with E-state index in [2.05, 4.69) is 5.32 Å². The molecule has 2 rings (SSSR count). The largest absolute Gasteiger partial charge is 0.344 e. The predicted molar refractivity (Wildman–Crippen MR) is 91.7 cm³/mol. The molecule has 0 aliphatic carbocycles. The highest BCUT2D eigenvalue weighted by atomic mass is 35.5. The fraction of sp³-hybridized carbons (Fsp3) is 0.235. The Kier molecular flexibility index (Phi) is 5.83. The molecule has 116 valence electrons. The standard InChI is InChI=1S/C17H18Cl2N2O/c1-21(2)11-16(12-6-4-3-5-7-12)20-17(22)14-10-13(18)8-9-15(14)19/h3-10,16H,11H2,1-2H3,(H,20,22)/t16-/m0/s1. The van der Waals surface area contributed by atoms with Crippen LogP contribution in [0, 0.1) is 0 Å². The third-order valence-electron chi connectivity index (χ3n) is 3.23. The van der Waals surface area contributed by atoms with Crippen molar-refractivity contribution in [2.24, 2.45) is 0 Å². The molecule has 3 nitrogen and oxygen atoms in total. The lowest BCUT2D eigenvalue weighted by atomic mass is 10.1. The van der Waals surface area contributed by atoms with Crippen LogP contribution in [-0.4, -0.2) is 31.4 Å². The Bertz CT molecular complexity index is 644. The minimum Gasteiger partial charge on any atom is -0.344 e. The number of likely N-dealkylation sites (N-methyl/N-ethyl adjacent to an activating group) is 1. The number of nitrogens with one attached hydrogen (secondary N) is 1. The van der Waals surface area contributed by atoms with E-state index in [1.54, 1.807) is 18.2 Å². The maximum Gasteiger partial charge on any atom is 0.253 e. The topological polar surface area (TPSA) is 32.3 Å². The maximum atomic E-state index is 12.5. The first-order valence-corrected chi connectivity index (χ1v) is 7.68. The van der Waals surface area contributed by atoms with Crippen LogP contribution in [0.5, 0.6) is 0 Å². The second-order valence-corrected chi connectivity index (χ2v) is 6.17. The van der Waals surface area contributed by atoms with Crippen LogP contribution in [0.2, 0.25) is 10.0 Å². The summed E-state index contributed by atoms with van der Waals surface area (Å²) in [7, 11) is 3.93. The normalized spacial score (nSPS) is 12.2. The zero-order valence-corrected chi connectivity index (χ0v) is 14.0. The van der Waals surface area contributed by atoms with Gasteiger partial charge in [-0.1, -0.05) is 53.5 Å². The highest BCUT2D eigenvalue weighted by Crippen LogP contribution is 2.22. The van der Waals surface area contributed by atoms with Crippen LogP contribution >= 0.6 is 23.2 Å². The van der Waals surface area contributed by atoms with E-state index in [-0.39, 0.29) is 11.9 Å². The van der Waals surface area contributed by atoms with E-state index in [4.69, 9.17) is 23.2 Å². The number of amides is 1. The van der Waals surface area contributed by atoms with Crippen LogP contribution in [0.1, 0.15) is 22.0 Å². The summed E-state index contributed by atoms with van der Waals surface area (Å²) in [6.07, 6.45) is 0. The molecule has 0 fully saturated rings. The summed E-state index contributed by atoms with van der Waals surface area (Å²) in [6.45, 7) is 0.688. The van der Waals surface area contributed by atoms with Crippen molar-refractivity contribution in [3.63, 3.8) is 0 Å². The Morgan fingerprint density at radius 2 is 1.82 bits per heavy atom. The summed E-state index contributed by atoms with van der Waals surface area (Å²) in [4.78, 5) is 14.5. The fourth-order valence-electron chi connectivity index (χ4n) is 2.19. The van der Waals surface area contributed by atoms with Crippen molar-refractivity contribution in [3.8, 4) is 0 Å². The number of benzene rings is 2. The predicted octanol–water partition coefficient (Wildman–Crippen LogP) is 4.03. The monoisotopic (exact) mass is 336 g/mol. The first-order valence-electron chi connectivity index (χ1n) is 6.93. The van der Waals surface area contributed by atoms with Crippen LogP contribution in [0.3, 0.4) is 0 Å². The van der Waals surface area contributed by atoms with Crippen molar-refractivity contribution in [1.82, 2.24) is 10.2 Å². The smallest absolute Gasteiger partial charge is 0.253 e. The molecule has 0 heterocycles. The highest BCUT2D eigenvalue weighted by molar-refractivity contribution is 6.35. The first kappa shape index (κ1) is 16.8. The quantitative estimate of drug-likeness (QED) is 0.894. The highest BCUT2D eigenvalue weighted by Gasteiger charge is 2.18. The fourth-order valence-corrected chi connectivity index (χ4v) is 2.57. The first-order chi connectivity index (χ1) is 10.5. The van der Waals surface area contributed by atoms with Crippen LogP contribution < -0.4 is 5.32 Å². The third kappa shape index (κ3) is 4.47. The summed E-state index contributed by atoms with van der Waals surface area (Å²) in [5.74, 6) is -0.233. The third-order valence-corrected chi connectivity index (χ3v) is 3.79. The Balaban J connectivity index is 2.23. The Labute approximate surface area is 140 Å². The lowest BCUT2D eigenvalue weighted by Gasteiger charge is -2.23. The van der Waals surface area contributed by atoms with Gasteiger partial charge >= 0.3 is 0 Å². The summed E-state index contributed by atoms with van der Waals surface area (Å²) in [5, 5.41) is 3.90. The van der Waals surface area contributed by atoms with Gasteiger partial charge in [-0.3, -0.25) is 4.79 Å².